The lowest BCUT2D eigenvalue weighted by atomic mass is 10.2. The van der Waals surface area contributed by atoms with Gasteiger partial charge in [0.2, 0.25) is 0 Å². The lowest BCUT2D eigenvalue weighted by Gasteiger charge is -1.96. The van der Waals surface area contributed by atoms with Crippen molar-refractivity contribution < 1.29 is 9.72 Å². The van der Waals surface area contributed by atoms with E-state index in [0.29, 0.717) is 5.56 Å². The van der Waals surface area contributed by atoms with Gasteiger partial charge in [-0.15, -0.1) is 0 Å². The molecule has 1 amide bonds. The van der Waals surface area contributed by atoms with E-state index < -0.39 is 4.92 Å². The summed E-state index contributed by atoms with van der Waals surface area (Å²) in [6, 6.07) is 5.42. The topological polar surface area (TPSA) is 72.6 Å². The van der Waals surface area contributed by atoms with E-state index in [9.17, 15) is 14.9 Å². The fourth-order valence-corrected chi connectivity index (χ4v) is 1.38. The molecule has 0 fully saturated rings. The van der Waals surface area contributed by atoms with Crippen molar-refractivity contribution in [1.82, 2.24) is 0 Å². The summed E-state index contributed by atoms with van der Waals surface area (Å²) in [6.45, 7) is 0. The fourth-order valence-electron chi connectivity index (χ4n) is 0.944. The number of carbonyl (C=O) groups excluding carboxylic acids is 1. The molecule has 0 heterocycles. The van der Waals surface area contributed by atoms with Crippen LogP contribution in [0.3, 0.4) is 0 Å². The first-order valence-corrected chi connectivity index (χ1v) is 6.09. The van der Waals surface area contributed by atoms with Crippen LogP contribution in [0.4, 0.5) is 5.69 Å². The number of rotatable bonds is 2. The quantitative estimate of drug-likeness (QED) is 0.570. The Morgan fingerprint density at radius 2 is 1.87 bits per heavy atom. The van der Waals surface area contributed by atoms with E-state index in [1.54, 1.807) is 0 Å². The SMILES string of the molecule is CS(C)=NC(=O)c1ccc([N+](=O)[O-])cc1. The maximum absolute atomic E-state index is 11.4. The first kappa shape index (κ1) is 11.5. The smallest absolute Gasteiger partial charge is 0.266 e. The van der Waals surface area contributed by atoms with Crippen LogP contribution in [0.2, 0.25) is 0 Å². The Kier molecular flexibility index (Phi) is 3.68. The molecule has 0 aliphatic heterocycles. The predicted molar refractivity (Wildman–Crippen MR) is 59.1 cm³/mol. The number of nitro groups is 1. The summed E-state index contributed by atoms with van der Waals surface area (Å²) >= 11 is 0. The first-order chi connectivity index (χ1) is 7.00. The zero-order valence-electron chi connectivity index (χ0n) is 8.34. The van der Waals surface area contributed by atoms with E-state index in [1.807, 2.05) is 12.5 Å². The summed E-state index contributed by atoms with van der Waals surface area (Å²) in [6.07, 6.45) is 3.65. The van der Waals surface area contributed by atoms with Crippen molar-refractivity contribution >= 4 is 22.3 Å². The minimum Gasteiger partial charge on any atom is -0.266 e. The Morgan fingerprint density at radius 1 is 1.33 bits per heavy atom. The van der Waals surface area contributed by atoms with E-state index in [-0.39, 0.29) is 22.3 Å². The van der Waals surface area contributed by atoms with Crippen LogP contribution in [0.5, 0.6) is 0 Å². The third-order valence-corrected chi connectivity index (χ3v) is 2.12. The van der Waals surface area contributed by atoms with Gasteiger partial charge in [-0.3, -0.25) is 14.9 Å². The monoisotopic (exact) mass is 226 g/mol. The molecular formula is C9H10N2O3S. The lowest BCUT2D eigenvalue weighted by Crippen LogP contribution is -1.97. The number of hydrogen-bond donors (Lipinski definition) is 0. The van der Waals surface area contributed by atoms with E-state index in [4.69, 9.17) is 0 Å². The summed E-state index contributed by atoms with van der Waals surface area (Å²) < 4.78 is 3.84. The zero-order valence-corrected chi connectivity index (χ0v) is 9.15. The van der Waals surface area contributed by atoms with Gasteiger partial charge in [0.1, 0.15) is 0 Å². The standard InChI is InChI=1S/C9H10N2O3S/c1-15(2)10-9(12)7-3-5-8(6-4-7)11(13)14/h3-6H,1-2H3. The molecule has 1 rings (SSSR count). The molecule has 0 saturated heterocycles. The Labute approximate surface area is 89.4 Å². The minimum atomic E-state index is -0.504. The molecule has 0 aliphatic carbocycles. The Morgan fingerprint density at radius 3 is 2.27 bits per heavy atom. The van der Waals surface area contributed by atoms with E-state index in [0.717, 1.165) is 0 Å². The molecule has 0 atom stereocenters. The number of benzene rings is 1. The molecule has 15 heavy (non-hydrogen) atoms. The van der Waals surface area contributed by atoms with Crippen LogP contribution in [-0.2, 0) is 10.7 Å². The second-order valence-electron chi connectivity index (χ2n) is 2.97. The number of amides is 1. The maximum Gasteiger partial charge on any atom is 0.282 e. The highest BCUT2D eigenvalue weighted by atomic mass is 32.2. The first-order valence-electron chi connectivity index (χ1n) is 4.09. The molecule has 0 bridgehead atoms. The lowest BCUT2D eigenvalue weighted by molar-refractivity contribution is -0.384. The van der Waals surface area contributed by atoms with Crippen LogP contribution in [0.25, 0.3) is 0 Å². The molecule has 6 heteroatoms. The molecule has 0 aromatic heterocycles. The molecule has 0 spiro atoms. The van der Waals surface area contributed by atoms with Gasteiger partial charge in [0.25, 0.3) is 11.6 Å². The van der Waals surface area contributed by atoms with Crippen LogP contribution < -0.4 is 0 Å². The highest BCUT2D eigenvalue weighted by molar-refractivity contribution is 7.86. The minimum absolute atomic E-state index is 0.0291. The summed E-state index contributed by atoms with van der Waals surface area (Å²) in [5, 5.41) is 10.4. The summed E-state index contributed by atoms with van der Waals surface area (Å²) in [7, 11) is -0.319. The van der Waals surface area contributed by atoms with Crippen LogP contribution in [0.1, 0.15) is 10.4 Å². The van der Waals surface area contributed by atoms with E-state index >= 15 is 0 Å². The van der Waals surface area contributed by atoms with Gasteiger partial charge in [0.15, 0.2) is 0 Å². The zero-order chi connectivity index (χ0) is 11.4. The van der Waals surface area contributed by atoms with Crippen molar-refractivity contribution in [2.24, 2.45) is 4.36 Å². The van der Waals surface area contributed by atoms with Crippen molar-refractivity contribution in [3.63, 3.8) is 0 Å². The van der Waals surface area contributed by atoms with Crippen molar-refractivity contribution in [3.8, 4) is 0 Å². The van der Waals surface area contributed by atoms with E-state index in [2.05, 4.69) is 4.36 Å². The van der Waals surface area contributed by atoms with Crippen LogP contribution in [0, 0.1) is 10.1 Å². The van der Waals surface area contributed by atoms with Crippen molar-refractivity contribution in [3.05, 3.63) is 39.9 Å². The van der Waals surface area contributed by atoms with Crippen molar-refractivity contribution in [1.29, 1.82) is 0 Å². The highest BCUT2D eigenvalue weighted by Gasteiger charge is 2.08. The number of hydrogen-bond acceptors (Lipinski definition) is 3. The van der Waals surface area contributed by atoms with Crippen LogP contribution in [0.15, 0.2) is 28.6 Å². The molecular weight excluding hydrogens is 216 g/mol. The van der Waals surface area contributed by atoms with Gasteiger partial charge in [-0.1, -0.05) is 10.7 Å². The number of nitrogens with zero attached hydrogens (tertiary/aromatic N) is 2. The van der Waals surface area contributed by atoms with Gasteiger partial charge in [-0.25, -0.2) is 0 Å². The summed E-state index contributed by atoms with van der Waals surface area (Å²) in [5.74, 6) is -0.335. The fraction of sp³-hybridized carbons (Fsp3) is 0.222. The van der Waals surface area contributed by atoms with Gasteiger partial charge in [-0.2, -0.15) is 4.36 Å². The Hall–Kier alpha value is -1.56. The number of nitro benzene ring substituents is 1. The number of non-ortho nitro benzene ring substituents is 1. The highest BCUT2D eigenvalue weighted by Crippen LogP contribution is 2.12. The van der Waals surface area contributed by atoms with Crippen LogP contribution >= 0.6 is 0 Å². The maximum atomic E-state index is 11.4. The average Bonchev–Trinajstić information content (AvgIpc) is 2.17. The second-order valence-corrected chi connectivity index (χ2v) is 4.70. The Balaban J connectivity index is 2.94. The van der Waals surface area contributed by atoms with Crippen molar-refractivity contribution in [2.75, 3.05) is 12.5 Å². The normalized spacial score (nSPS) is 10.1. The molecule has 1 aromatic carbocycles. The van der Waals surface area contributed by atoms with Gasteiger partial charge in [0, 0.05) is 17.7 Å². The molecule has 0 N–H and O–H groups in total. The van der Waals surface area contributed by atoms with Gasteiger partial charge in [0.05, 0.1) is 4.92 Å². The molecule has 0 radical (unpaired) electrons. The largest absolute Gasteiger partial charge is 0.282 e. The molecule has 80 valence electrons. The molecule has 0 saturated carbocycles. The van der Waals surface area contributed by atoms with Gasteiger partial charge >= 0.3 is 0 Å². The summed E-state index contributed by atoms with van der Waals surface area (Å²) in [4.78, 5) is 21.3. The van der Waals surface area contributed by atoms with E-state index in [1.165, 1.54) is 24.3 Å². The van der Waals surface area contributed by atoms with Gasteiger partial charge < -0.3 is 0 Å². The molecule has 0 unspecified atom stereocenters. The third-order valence-electron chi connectivity index (χ3n) is 1.59. The average molecular weight is 226 g/mol. The predicted octanol–water partition coefficient (Wildman–Crippen LogP) is 1.80. The third kappa shape index (κ3) is 3.25. The van der Waals surface area contributed by atoms with Crippen LogP contribution in [-0.4, -0.2) is 23.3 Å². The second kappa shape index (κ2) is 4.79. The van der Waals surface area contributed by atoms with Gasteiger partial charge in [-0.05, 0) is 24.6 Å². The molecule has 5 nitrogen and oxygen atoms in total. The number of carbonyl (C=O) groups is 1. The Bertz CT molecular complexity index is 421. The summed E-state index contributed by atoms with van der Waals surface area (Å²) in [5.41, 5.74) is 0.348. The molecule has 0 aliphatic rings. The molecule has 1 aromatic rings. The van der Waals surface area contributed by atoms with Crippen molar-refractivity contribution in [2.45, 2.75) is 0 Å².